The lowest BCUT2D eigenvalue weighted by atomic mass is 10.0. The van der Waals surface area contributed by atoms with E-state index in [0.717, 1.165) is 60.1 Å². The quantitative estimate of drug-likeness (QED) is 0.683. The zero-order valence-corrected chi connectivity index (χ0v) is 16.4. The maximum Gasteiger partial charge on any atom is 0.255 e. The van der Waals surface area contributed by atoms with E-state index >= 15 is 0 Å². The van der Waals surface area contributed by atoms with Crippen molar-refractivity contribution in [3.8, 4) is 0 Å². The lowest BCUT2D eigenvalue weighted by Crippen LogP contribution is -2.31. The highest BCUT2D eigenvalue weighted by molar-refractivity contribution is 6.05. The minimum absolute atomic E-state index is 0.0944. The summed E-state index contributed by atoms with van der Waals surface area (Å²) in [7, 11) is 0. The molecule has 0 N–H and O–H groups in total. The molecule has 3 aromatic heterocycles. The fraction of sp³-hybridized carbons (Fsp3) is 0.455. The Morgan fingerprint density at radius 3 is 2.68 bits per heavy atom. The third-order valence-electron chi connectivity index (χ3n) is 5.91. The highest BCUT2D eigenvalue weighted by Gasteiger charge is 2.34. The first-order valence-corrected chi connectivity index (χ1v) is 10.2. The van der Waals surface area contributed by atoms with Crippen molar-refractivity contribution in [2.75, 3.05) is 6.54 Å². The Balaban J connectivity index is 1.59. The van der Waals surface area contributed by atoms with Crippen molar-refractivity contribution in [2.45, 2.75) is 57.5 Å². The predicted octanol–water partition coefficient (Wildman–Crippen LogP) is 4.26. The van der Waals surface area contributed by atoms with Gasteiger partial charge in [-0.15, -0.1) is 0 Å². The fourth-order valence-electron chi connectivity index (χ4n) is 4.28. The molecular weight excluding hydrogens is 350 g/mol. The average Bonchev–Trinajstić information content (AvgIpc) is 3.28. The number of rotatable bonds is 4. The molecule has 1 atom stereocenters. The van der Waals surface area contributed by atoms with Gasteiger partial charge >= 0.3 is 0 Å². The number of pyridine rings is 2. The van der Waals surface area contributed by atoms with Gasteiger partial charge in [0.25, 0.3) is 5.91 Å². The van der Waals surface area contributed by atoms with Gasteiger partial charge in [-0.25, -0.2) is 9.67 Å². The smallest absolute Gasteiger partial charge is 0.255 e. The molecule has 1 unspecified atom stereocenters. The topological polar surface area (TPSA) is 63.9 Å². The third kappa shape index (κ3) is 2.87. The summed E-state index contributed by atoms with van der Waals surface area (Å²) in [6, 6.07) is 6.38. The van der Waals surface area contributed by atoms with Crippen LogP contribution in [0.25, 0.3) is 11.0 Å². The molecule has 6 heteroatoms. The number of hydrogen-bond donors (Lipinski definition) is 0. The van der Waals surface area contributed by atoms with E-state index < -0.39 is 0 Å². The first-order valence-electron chi connectivity index (χ1n) is 10.2. The Labute approximate surface area is 164 Å². The monoisotopic (exact) mass is 375 g/mol. The second-order valence-corrected chi connectivity index (χ2v) is 8.23. The number of hydrogen-bond acceptors (Lipinski definition) is 4. The van der Waals surface area contributed by atoms with Crippen molar-refractivity contribution in [1.29, 1.82) is 0 Å². The van der Waals surface area contributed by atoms with E-state index in [4.69, 9.17) is 4.98 Å². The summed E-state index contributed by atoms with van der Waals surface area (Å²) in [5, 5.41) is 5.40. The van der Waals surface area contributed by atoms with Crippen LogP contribution in [0.4, 0.5) is 0 Å². The molecule has 2 aliphatic rings. The van der Waals surface area contributed by atoms with Crippen LogP contribution in [0.2, 0.25) is 0 Å². The second kappa shape index (κ2) is 6.69. The van der Waals surface area contributed by atoms with Crippen molar-refractivity contribution in [3.63, 3.8) is 0 Å². The van der Waals surface area contributed by atoms with Crippen LogP contribution in [0.5, 0.6) is 0 Å². The van der Waals surface area contributed by atoms with Gasteiger partial charge in [0.1, 0.15) is 0 Å². The van der Waals surface area contributed by atoms with E-state index in [0.29, 0.717) is 5.92 Å². The largest absolute Gasteiger partial charge is 0.332 e. The molecule has 3 aromatic rings. The van der Waals surface area contributed by atoms with Crippen LogP contribution in [-0.2, 0) is 0 Å². The minimum atomic E-state index is 0.0944. The molecule has 0 bridgehead atoms. The van der Waals surface area contributed by atoms with Crippen LogP contribution in [0.3, 0.4) is 0 Å². The number of carbonyl (C=O) groups is 1. The van der Waals surface area contributed by atoms with Crippen molar-refractivity contribution in [3.05, 3.63) is 53.6 Å². The number of amides is 1. The van der Waals surface area contributed by atoms with Crippen molar-refractivity contribution >= 4 is 16.9 Å². The molecule has 1 saturated heterocycles. The lowest BCUT2D eigenvalue weighted by Gasteiger charge is -2.25. The number of fused-ring (bicyclic) bond motifs is 1. The second-order valence-electron chi connectivity index (χ2n) is 8.23. The van der Waals surface area contributed by atoms with Crippen LogP contribution < -0.4 is 0 Å². The van der Waals surface area contributed by atoms with Crippen LogP contribution in [-0.4, -0.2) is 37.1 Å². The Morgan fingerprint density at radius 2 is 1.96 bits per heavy atom. The van der Waals surface area contributed by atoms with Crippen molar-refractivity contribution in [1.82, 2.24) is 24.6 Å². The third-order valence-corrected chi connectivity index (χ3v) is 5.91. The molecule has 6 nitrogen and oxygen atoms in total. The zero-order chi connectivity index (χ0) is 19.3. The molecule has 28 heavy (non-hydrogen) atoms. The van der Waals surface area contributed by atoms with Gasteiger partial charge in [0, 0.05) is 36.6 Å². The van der Waals surface area contributed by atoms with Gasteiger partial charge in [0.05, 0.1) is 23.2 Å². The average molecular weight is 375 g/mol. The van der Waals surface area contributed by atoms with Crippen molar-refractivity contribution in [2.24, 2.45) is 0 Å². The van der Waals surface area contributed by atoms with E-state index in [9.17, 15) is 4.79 Å². The van der Waals surface area contributed by atoms with Gasteiger partial charge in [-0.2, -0.15) is 5.10 Å². The molecule has 1 aliphatic heterocycles. The summed E-state index contributed by atoms with van der Waals surface area (Å²) in [5.74, 6) is 0.581. The number of nitrogens with zero attached hydrogens (tertiary/aromatic N) is 5. The summed E-state index contributed by atoms with van der Waals surface area (Å²) in [6.45, 7) is 4.98. The van der Waals surface area contributed by atoms with E-state index in [1.54, 1.807) is 12.4 Å². The molecule has 1 aliphatic carbocycles. The van der Waals surface area contributed by atoms with Crippen LogP contribution in [0.15, 0.2) is 36.8 Å². The molecule has 4 heterocycles. The van der Waals surface area contributed by atoms with Gasteiger partial charge in [0.2, 0.25) is 0 Å². The zero-order valence-electron chi connectivity index (χ0n) is 16.4. The van der Waals surface area contributed by atoms with Crippen LogP contribution in [0, 0.1) is 0 Å². The predicted molar refractivity (Wildman–Crippen MR) is 107 cm³/mol. The van der Waals surface area contributed by atoms with Gasteiger partial charge in [-0.05, 0) is 63.3 Å². The fourth-order valence-corrected chi connectivity index (χ4v) is 4.28. The molecule has 2 fully saturated rings. The first kappa shape index (κ1) is 17.3. The lowest BCUT2D eigenvalue weighted by molar-refractivity contribution is 0.0737. The first-order chi connectivity index (χ1) is 13.6. The van der Waals surface area contributed by atoms with Gasteiger partial charge < -0.3 is 4.90 Å². The Kier molecular flexibility index (Phi) is 4.14. The molecular formula is C22H25N5O. The summed E-state index contributed by atoms with van der Waals surface area (Å²) >= 11 is 0. The van der Waals surface area contributed by atoms with E-state index in [2.05, 4.69) is 23.9 Å². The normalized spacial score (nSPS) is 19.7. The van der Waals surface area contributed by atoms with Crippen molar-refractivity contribution < 1.29 is 4.79 Å². The summed E-state index contributed by atoms with van der Waals surface area (Å²) in [5.41, 5.74) is 3.78. The maximum atomic E-state index is 13.7. The highest BCUT2D eigenvalue weighted by Crippen LogP contribution is 2.41. The number of aromatic nitrogens is 4. The molecule has 0 aromatic carbocycles. The maximum absolute atomic E-state index is 13.7. The summed E-state index contributed by atoms with van der Waals surface area (Å²) in [6.07, 6.45) is 9.75. The Bertz CT molecular complexity index is 1020. The van der Waals surface area contributed by atoms with E-state index in [1.807, 2.05) is 34.0 Å². The molecule has 1 amide bonds. The van der Waals surface area contributed by atoms with Gasteiger partial charge in [0.15, 0.2) is 5.65 Å². The molecule has 0 radical (unpaired) electrons. The van der Waals surface area contributed by atoms with Crippen LogP contribution >= 0.6 is 0 Å². The SMILES string of the molecule is CC(C)n1ncc2c(C(=O)N3CCCC3c3ccncc3)cc(C3CC3)nc21. The Morgan fingerprint density at radius 1 is 1.18 bits per heavy atom. The van der Waals surface area contributed by atoms with Gasteiger partial charge in [-0.3, -0.25) is 9.78 Å². The van der Waals surface area contributed by atoms with Crippen LogP contribution in [0.1, 0.15) is 79.1 Å². The Hall–Kier alpha value is -2.76. The van der Waals surface area contributed by atoms with E-state index in [1.165, 1.54) is 0 Å². The summed E-state index contributed by atoms with van der Waals surface area (Å²) < 4.78 is 1.93. The molecule has 144 valence electrons. The molecule has 0 spiro atoms. The standard InChI is InChI=1S/C22H25N5O/c1-14(2)27-21-18(13-24-27)17(12-19(25-21)15-5-6-15)22(28)26-11-3-4-20(26)16-7-9-23-10-8-16/h7-10,12-15,20H,3-6,11H2,1-2H3. The minimum Gasteiger partial charge on any atom is -0.332 e. The highest BCUT2D eigenvalue weighted by atomic mass is 16.2. The summed E-state index contributed by atoms with van der Waals surface area (Å²) in [4.78, 5) is 24.7. The van der Waals surface area contributed by atoms with Gasteiger partial charge in [-0.1, -0.05) is 0 Å². The number of carbonyl (C=O) groups excluding carboxylic acids is 1. The molecule has 5 rings (SSSR count). The molecule has 1 saturated carbocycles. The number of likely N-dealkylation sites (tertiary alicyclic amines) is 1. The van der Waals surface area contributed by atoms with E-state index in [-0.39, 0.29) is 18.0 Å².